The first-order valence-corrected chi connectivity index (χ1v) is 7.91. The van der Waals surface area contributed by atoms with Crippen molar-refractivity contribution in [2.45, 2.75) is 6.18 Å². The molecule has 10 heteroatoms. The van der Waals surface area contributed by atoms with Crippen LogP contribution in [0.4, 0.5) is 28.4 Å². The summed E-state index contributed by atoms with van der Waals surface area (Å²) in [7, 11) is 4.45. The van der Waals surface area contributed by atoms with Gasteiger partial charge in [-0.25, -0.2) is 14.5 Å². The molecule has 0 unspecified atom stereocenters. The molecule has 26 heavy (non-hydrogen) atoms. The molecule has 1 aromatic rings. The van der Waals surface area contributed by atoms with Gasteiger partial charge < -0.3 is 19.8 Å². The highest BCUT2D eigenvalue weighted by atomic mass is 19.4. The van der Waals surface area contributed by atoms with Crippen LogP contribution in [-0.2, 0) is 6.18 Å². The van der Waals surface area contributed by atoms with E-state index in [4.69, 9.17) is 0 Å². The molecule has 0 spiro atoms. The molecular weight excluding hydrogens is 353 g/mol. The summed E-state index contributed by atoms with van der Waals surface area (Å²) in [6.07, 6.45) is -4.65. The van der Waals surface area contributed by atoms with Gasteiger partial charge in [-0.1, -0.05) is 0 Å². The van der Waals surface area contributed by atoms with E-state index in [0.29, 0.717) is 18.8 Å². The Morgan fingerprint density at radius 1 is 1.08 bits per heavy atom. The van der Waals surface area contributed by atoms with Crippen LogP contribution >= 0.6 is 0 Å². The number of urea groups is 2. The summed E-state index contributed by atoms with van der Waals surface area (Å²) in [5, 5.41) is 9.41. The lowest BCUT2D eigenvalue weighted by Crippen LogP contribution is -2.54. The van der Waals surface area contributed by atoms with Gasteiger partial charge in [-0.3, -0.25) is 0 Å². The molecule has 1 aliphatic rings. The number of imide groups is 1. The van der Waals surface area contributed by atoms with Crippen molar-refractivity contribution in [3.05, 3.63) is 23.8 Å². The second-order valence-corrected chi connectivity index (χ2v) is 6.19. The zero-order valence-corrected chi connectivity index (χ0v) is 14.7. The third kappa shape index (κ3) is 4.12. The molecule has 1 saturated heterocycles. The zero-order valence-electron chi connectivity index (χ0n) is 14.7. The Morgan fingerprint density at radius 2 is 1.65 bits per heavy atom. The molecule has 144 valence electrons. The highest BCUT2D eigenvalue weighted by Crippen LogP contribution is 2.38. The van der Waals surface area contributed by atoms with Gasteiger partial charge in [0.15, 0.2) is 0 Å². The van der Waals surface area contributed by atoms with E-state index in [1.54, 1.807) is 4.90 Å². The summed E-state index contributed by atoms with van der Waals surface area (Å²) in [5.74, 6) is -0.820. The Balaban J connectivity index is 2.05. The van der Waals surface area contributed by atoms with Crippen molar-refractivity contribution in [3.8, 4) is 5.75 Å². The van der Waals surface area contributed by atoms with Crippen LogP contribution in [0.25, 0.3) is 0 Å². The van der Waals surface area contributed by atoms with Gasteiger partial charge in [-0.05, 0) is 18.2 Å². The zero-order chi connectivity index (χ0) is 19.6. The summed E-state index contributed by atoms with van der Waals surface area (Å²) in [4.78, 5) is 29.6. The first kappa shape index (κ1) is 19.7. The van der Waals surface area contributed by atoms with Crippen molar-refractivity contribution in [2.75, 3.05) is 52.2 Å². The first-order chi connectivity index (χ1) is 12.0. The number of alkyl halides is 3. The van der Waals surface area contributed by atoms with Crippen molar-refractivity contribution >= 4 is 17.7 Å². The molecule has 0 radical (unpaired) electrons. The van der Waals surface area contributed by atoms with Crippen molar-refractivity contribution in [2.24, 2.45) is 0 Å². The van der Waals surface area contributed by atoms with Crippen LogP contribution in [0.5, 0.6) is 5.75 Å². The molecule has 0 aliphatic carbocycles. The van der Waals surface area contributed by atoms with E-state index in [-0.39, 0.29) is 13.1 Å². The van der Waals surface area contributed by atoms with Gasteiger partial charge in [-0.15, -0.1) is 0 Å². The van der Waals surface area contributed by atoms with Crippen molar-refractivity contribution in [3.63, 3.8) is 0 Å². The van der Waals surface area contributed by atoms with E-state index >= 15 is 0 Å². The van der Waals surface area contributed by atoms with Gasteiger partial charge in [-0.2, -0.15) is 13.2 Å². The minimum absolute atomic E-state index is 0.270. The third-order valence-electron chi connectivity index (χ3n) is 4.16. The molecule has 1 aliphatic heterocycles. The maximum atomic E-state index is 12.9. The van der Waals surface area contributed by atoms with Crippen molar-refractivity contribution in [1.82, 2.24) is 14.7 Å². The molecule has 0 bridgehead atoms. The standard InChI is InChI=1S/C16H21F3N4O3/c1-20(2)14(25)21(3)15(26)23-8-6-22(7-9-23)11-4-5-13(24)12(10-11)16(17,18)19/h4-5,10,24H,6-9H2,1-3H3. The van der Waals surface area contributed by atoms with Gasteiger partial charge in [0, 0.05) is 53.0 Å². The Morgan fingerprint density at radius 3 is 2.15 bits per heavy atom. The van der Waals surface area contributed by atoms with Crippen LogP contribution < -0.4 is 4.90 Å². The largest absolute Gasteiger partial charge is 0.507 e. The molecule has 1 N–H and O–H groups in total. The lowest BCUT2D eigenvalue weighted by atomic mass is 10.1. The molecule has 4 amide bonds. The number of piperazine rings is 1. The predicted octanol–water partition coefficient (Wildman–Crippen LogP) is 2.27. The van der Waals surface area contributed by atoms with Crippen molar-refractivity contribution in [1.29, 1.82) is 0 Å². The lowest BCUT2D eigenvalue weighted by Gasteiger charge is -2.37. The number of benzene rings is 1. The summed E-state index contributed by atoms with van der Waals surface area (Å²) >= 11 is 0. The maximum absolute atomic E-state index is 12.9. The number of carbonyl (C=O) groups is 2. The number of hydrogen-bond donors (Lipinski definition) is 1. The van der Waals surface area contributed by atoms with E-state index in [0.717, 1.165) is 17.0 Å². The van der Waals surface area contributed by atoms with Gasteiger partial charge in [0.25, 0.3) is 0 Å². The van der Waals surface area contributed by atoms with E-state index in [1.807, 2.05) is 0 Å². The van der Waals surface area contributed by atoms with Crippen molar-refractivity contribution < 1.29 is 27.9 Å². The monoisotopic (exact) mass is 374 g/mol. The Kier molecular flexibility index (Phi) is 5.53. The van der Waals surface area contributed by atoms with E-state index in [1.165, 1.54) is 37.0 Å². The van der Waals surface area contributed by atoms with Crippen LogP contribution in [0.1, 0.15) is 5.56 Å². The van der Waals surface area contributed by atoms with Crippen LogP contribution in [0.3, 0.4) is 0 Å². The fraction of sp³-hybridized carbons (Fsp3) is 0.500. The van der Waals surface area contributed by atoms with E-state index < -0.39 is 29.6 Å². The molecule has 1 aromatic carbocycles. The molecule has 2 rings (SSSR count). The summed E-state index contributed by atoms with van der Waals surface area (Å²) < 4.78 is 38.8. The Labute approximate surface area is 149 Å². The quantitative estimate of drug-likeness (QED) is 0.819. The second-order valence-electron chi connectivity index (χ2n) is 6.19. The van der Waals surface area contributed by atoms with Crippen LogP contribution in [0.2, 0.25) is 0 Å². The van der Waals surface area contributed by atoms with Gasteiger partial charge >= 0.3 is 18.2 Å². The maximum Gasteiger partial charge on any atom is 0.420 e. The molecule has 1 heterocycles. The molecular formula is C16H21F3N4O3. The highest BCUT2D eigenvalue weighted by molar-refractivity contribution is 5.93. The number of halogens is 3. The highest BCUT2D eigenvalue weighted by Gasteiger charge is 2.35. The number of rotatable bonds is 1. The fourth-order valence-electron chi connectivity index (χ4n) is 2.70. The molecule has 0 saturated carbocycles. The normalized spacial score (nSPS) is 15.0. The average molecular weight is 374 g/mol. The number of aromatic hydroxyl groups is 1. The number of nitrogens with zero attached hydrogens (tertiary/aromatic N) is 4. The first-order valence-electron chi connectivity index (χ1n) is 7.91. The van der Waals surface area contributed by atoms with E-state index in [2.05, 4.69) is 0 Å². The number of phenols is 1. The number of hydrogen-bond acceptors (Lipinski definition) is 4. The summed E-state index contributed by atoms with van der Waals surface area (Å²) in [6, 6.07) is 2.41. The SMILES string of the molecule is CN(C)C(=O)N(C)C(=O)N1CCN(c2ccc(O)c(C(F)(F)F)c2)CC1. The number of phenolic OH excluding ortho intramolecular Hbond substituents is 1. The average Bonchev–Trinajstić information content (AvgIpc) is 2.59. The second kappa shape index (κ2) is 7.30. The molecule has 7 nitrogen and oxygen atoms in total. The summed E-state index contributed by atoms with van der Waals surface area (Å²) in [6.45, 7) is 1.17. The molecule has 0 atom stereocenters. The topological polar surface area (TPSA) is 67.3 Å². The molecule has 0 aromatic heterocycles. The third-order valence-corrected chi connectivity index (χ3v) is 4.16. The minimum Gasteiger partial charge on any atom is -0.507 e. The predicted molar refractivity (Wildman–Crippen MR) is 89.1 cm³/mol. The lowest BCUT2D eigenvalue weighted by molar-refractivity contribution is -0.138. The smallest absolute Gasteiger partial charge is 0.420 e. The number of amides is 4. The molecule has 1 fully saturated rings. The van der Waals surface area contributed by atoms with Gasteiger partial charge in [0.05, 0.1) is 5.56 Å². The summed E-state index contributed by atoms with van der Waals surface area (Å²) in [5.41, 5.74) is -0.773. The van der Waals surface area contributed by atoms with Crippen LogP contribution in [-0.4, -0.2) is 79.2 Å². The fourth-order valence-corrected chi connectivity index (χ4v) is 2.70. The number of carbonyl (C=O) groups excluding carboxylic acids is 2. The van der Waals surface area contributed by atoms with Gasteiger partial charge in [0.2, 0.25) is 0 Å². The van der Waals surface area contributed by atoms with Gasteiger partial charge in [0.1, 0.15) is 5.75 Å². The van der Waals surface area contributed by atoms with E-state index in [9.17, 15) is 27.9 Å². The van der Waals surface area contributed by atoms with Crippen LogP contribution in [0.15, 0.2) is 18.2 Å². The Bertz CT molecular complexity index is 686. The Hall–Kier alpha value is -2.65. The number of anilines is 1. The minimum atomic E-state index is -4.65. The van der Waals surface area contributed by atoms with Crippen LogP contribution in [0, 0.1) is 0 Å².